The molecule has 1 aromatic heterocycles. The summed E-state index contributed by atoms with van der Waals surface area (Å²) >= 11 is 6.01. The normalized spacial score (nSPS) is 15.5. The van der Waals surface area contributed by atoms with Crippen LogP contribution in [0.15, 0.2) is 47.3 Å². The van der Waals surface area contributed by atoms with E-state index in [2.05, 4.69) is 19.8 Å². The lowest BCUT2D eigenvalue weighted by atomic mass is 10.2. The number of aromatic nitrogens is 2. The number of hydrogen-bond acceptors (Lipinski definition) is 5. The molecule has 0 unspecified atom stereocenters. The predicted octanol–water partition coefficient (Wildman–Crippen LogP) is 2.60. The molecule has 134 valence electrons. The fourth-order valence-corrected chi connectivity index (χ4v) is 3.49. The van der Waals surface area contributed by atoms with E-state index in [0.717, 1.165) is 31.9 Å². The second-order valence-corrected chi connectivity index (χ2v) is 6.86. The molecule has 0 amide bonds. The zero-order valence-corrected chi connectivity index (χ0v) is 14.9. The minimum absolute atomic E-state index is 0.144. The quantitative estimate of drug-likeness (QED) is 0.741. The van der Waals surface area contributed by atoms with Gasteiger partial charge in [-0.1, -0.05) is 23.7 Å². The Kier molecular flexibility index (Phi) is 4.53. The van der Waals surface area contributed by atoms with Crippen LogP contribution in [0.3, 0.4) is 0 Å². The van der Waals surface area contributed by atoms with Gasteiger partial charge in [-0.15, -0.1) is 0 Å². The topological polar surface area (TPSA) is 72.5 Å². The first-order valence-corrected chi connectivity index (χ1v) is 8.92. The van der Waals surface area contributed by atoms with Crippen molar-refractivity contribution in [3.63, 3.8) is 0 Å². The average molecular weight is 371 g/mol. The van der Waals surface area contributed by atoms with Crippen molar-refractivity contribution in [3.8, 4) is 5.75 Å². The van der Waals surface area contributed by atoms with Gasteiger partial charge in [0.15, 0.2) is 0 Å². The van der Waals surface area contributed by atoms with Gasteiger partial charge in [-0.3, -0.25) is 9.69 Å². The van der Waals surface area contributed by atoms with Gasteiger partial charge >= 0.3 is 0 Å². The molecular weight excluding hydrogens is 352 g/mol. The molecule has 0 atom stereocenters. The number of aromatic amines is 1. The highest BCUT2D eigenvalue weighted by atomic mass is 35.5. The van der Waals surface area contributed by atoms with Crippen LogP contribution in [0.25, 0.3) is 10.9 Å². The number of piperazine rings is 1. The summed E-state index contributed by atoms with van der Waals surface area (Å²) in [6.45, 7) is 3.84. The third-order valence-corrected chi connectivity index (χ3v) is 4.92. The SMILES string of the molecule is O=c1[nH]c(CN2CCN(c3ccccc3O)CC2)nc2cc(Cl)ccc12. The summed E-state index contributed by atoms with van der Waals surface area (Å²) in [4.78, 5) is 24.1. The first-order valence-electron chi connectivity index (χ1n) is 8.54. The van der Waals surface area contributed by atoms with Crippen LogP contribution in [0, 0.1) is 0 Å². The highest BCUT2D eigenvalue weighted by Crippen LogP contribution is 2.27. The molecule has 1 fully saturated rings. The van der Waals surface area contributed by atoms with Gasteiger partial charge in [-0.25, -0.2) is 4.98 Å². The molecule has 0 spiro atoms. The summed E-state index contributed by atoms with van der Waals surface area (Å²) in [7, 11) is 0. The van der Waals surface area contributed by atoms with Crippen LogP contribution >= 0.6 is 11.6 Å². The van der Waals surface area contributed by atoms with Gasteiger partial charge < -0.3 is 15.0 Å². The van der Waals surface area contributed by atoms with Crippen molar-refractivity contribution in [3.05, 3.63) is 63.7 Å². The molecule has 2 aromatic carbocycles. The predicted molar refractivity (Wildman–Crippen MR) is 103 cm³/mol. The van der Waals surface area contributed by atoms with Crippen molar-refractivity contribution < 1.29 is 5.11 Å². The van der Waals surface area contributed by atoms with Crippen molar-refractivity contribution in [1.82, 2.24) is 14.9 Å². The van der Waals surface area contributed by atoms with Gasteiger partial charge in [0.1, 0.15) is 11.6 Å². The highest BCUT2D eigenvalue weighted by molar-refractivity contribution is 6.31. The van der Waals surface area contributed by atoms with E-state index in [1.807, 2.05) is 18.2 Å². The van der Waals surface area contributed by atoms with Crippen molar-refractivity contribution in [2.24, 2.45) is 0 Å². The molecule has 0 aliphatic carbocycles. The smallest absolute Gasteiger partial charge is 0.258 e. The van der Waals surface area contributed by atoms with Crippen molar-refractivity contribution in [2.75, 3.05) is 31.1 Å². The van der Waals surface area contributed by atoms with E-state index in [-0.39, 0.29) is 5.56 Å². The van der Waals surface area contributed by atoms with Gasteiger partial charge in [0, 0.05) is 31.2 Å². The summed E-state index contributed by atoms with van der Waals surface area (Å²) < 4.78 is 0. The summed E-state index contributed by atoms with van der Waals surface area (Å²) in [6, 6.07) is 12.5. The molecule has 2 N–H and O–H groups in total. The molecule has 0 bridgehead atoms. The molecule has 1 saturated heterocycles. The van der Waals surface area contributed by atoms with E-state index in [1.165, 1.54) is 0 Å². The molecule has 4 rings (SSSR count). The Balaban J connectivity index is 1.47. The van der Waals surface area contributed by atoms with Crippen LogP contribution in [0.5, 0.6) is 5.75 Å². The van der Waals surface area contributed by atoms with Gasteiger partial charge in [0.25, 0.3) is 5.56 Å². The fourth-order valence-electron chi connectivity index (χ4n) is 3.33. The summed E-state index contributed by atoms with van der Waals surface area (Å²) in [5, 5.41) is 11.1. The van der Waals surface area contributed by atoms with Crippen LogP contribution in [0.1, 0.15) is 5.82 Å². The Morgan fingerprint density at radius 2 is 1.88 bits per heavy atom. The number of phenols is 1. The molecule has 0 saturated carbocycles. The lowest BCUT2D eigenvalue weighted by molar-refractivity contribution is 0.243. The van der Waals surface area contributed by atoms with Crippen molar-refractivity contribution in [1.29, 1.82) is 0 Å². The van der Waals surface area contributed by atoms with Crippen LogP contribution in [-0.4, -0.2) is 46.2 Å². The van der Waals surface area contributed by atoms with Gasteiger partial charge in [-0.05, 0) is 30.3 Å². The zero-order valence-electron chi connectivity index (χ0n) is 14.2. The number of anilines is 1. The molecule has 1 aliphatic rings. The van der Waals surface area contributed by atoms with E-state index in [1.54, 1.807) is 24.3 Å². The number of nitrogens with zero attached hydrogens (tertiary/aromatic N) is 3. The number of nitrogens with one attached hydrogen (secondary N) is 1. The Morgan fingerprint density at radius 3 is 2.65 bits per heavy atom. The van der Waals surface area contributed by atoms with Crippen LogP contribution in [-0.2, 0) is 6.54 Å². The average Bonchev–Trinajstić information content (AvgIpc) is 2.62. The largest absolute Gasteiger partial charge is 0.506 e. The highest BCUT2D eigenvalue weighted by Gasteiger charge is 2.20. The lowest BCUT2D eigenvalue weighted by Crippen LogP contribution is -2.46. The lowest BCUT2D eigenvalue weighted by Gasteiger charge is -2.36. The van der Waals surface area contributed by atoms with Crippen LogP contribution in [0.4, 0.5) is 5.69 Å². The summed E-state index contributed by atoms with van der Waals surface area (Å²) in [5.74, 6) is 0.944. The molecule has 2 heterocycles. The molecular formula is C19H19ClN4O2. The van der Waals surface area contributed by atoms with Gasteiger partial charge in [0.2, 0.25) is 0 Å². The molecule has 3 aromatic rings. The fraction of sp³-hybridized carbons (Fsp3) is 0.263. The second-order valence-electron chi connectivity index (χ2n) is 6.43. The zero-order chi connectivity index (χ0) is 18.1. The van der Waals surface area contributed by atoms with Crippen LogP contribution < -0.4 is 10.5 Å². The Hall–Kier alpha value is -2.57. The second kappa shape index (κ2) is 6.97. The maximum atomic E-state index is 12.2. The standard InChI is InChI=1S/C19H19ClN4O2/c20-13-5-6-14-15(11-13)21-18(22-19(14)26)12-23-7-9-24(10-8-23)16-3-1-2-4-17(16)25/h1-6,11,25H,7-10,12H2,(H,21,22,26). The van der Waals surface area contributed by atoms with Gasteiger partial charge in [-0.2, -0.15) is 0 Å². The number of H-pyrrole nitrogens is 1. The number of aromatic hydroxyl groups is 1. The number of fused-ring (bicyclic) bond motifs is 1. The monoisotopic (exact) mass is 370 g/mol. The molecule has 1 aliphatic heterocycles. The van der Waals surface area contributed by atoms with E-state index in [4.69, 9.17) is 11.6 Å². The molecule has 0 radical (unpaired) electrons. The Bertz CT molecular complexity index is 996. The Labute approximate surface area is 155 Å². The van der Waals surface area contributed by atoms with E-state index in [9.17, 15) is 9.90 Å². The first kappa shape index (κ1) is 16.9. The third kappa shape index (κ3) is 3.38. The molecule has 26 heavy (non-hydrogen) atoms. The van der Waals surface area contributed by atoms with E-state index >= 15 is 0 Å². The number of benzene rings is 2. The first-order chi connectivity index (χ1) is 12.6. The number of para-hydroxylation sites is 2. The van der Waals surface area contributed by atoms with Gasteiger partial charge in [0.05, 0.1) is 23.1 Å². The maximum absolute atomic E-state index is 12.2. The molecule has 7 heteroatoms. The Morgan fingerprint density at radius 1 is 1.12 bits per heavy atom. The summed E-state index contributed by atoms with van der Waals surface area (Å²) in [6.07, 6.45) is 0. The number of halogens is 1. The minimum atomic E-state index is -0.144. The van der Waals surface area contributed by atoms with Crippen LogP contribution in [0.2, 0.25) is 5.02 Å². The third-order valence-electron chi connectivity index (χ3n) is 4.69. The summed E-state index contributed by atoms with van der Waals surface area (Å²) in [5.41, 5.74) is 1.33. The number of phenolic OH excluding ortho intramolecular Hbond substituents is 1. The molecule has 6 nitrogen and oxygen atoms in total. The number of rotatable bonds is 3. The van der Waals surface area contributed by atoms with Crippen molar-refractivity contribution >= 4 is 28.2 Å². The maximum Gasteiger partial charge on any atom is 0.258 e. The van der Waals surface area contributed by atoms with E-state index < -0.39 is 0 Å². The van der Waals surface area contributed by atoms with E-state index in [0.29, 0.717) is 34.0 Å². The number of hydrogen-bond donors (Lipinski definition) is 2. The van der Waals surface area contributed by atoms with Crippen molar-refractivity contribution in [2.45, 2.75) is 6.54 Å². The minimum Gasteiger partial charge on any atom is -0.506 e.